The number of urea groups is 1. The second-order valence-electron chi connectivity index (χ2n) is 5.76. The highest BCUT2D eigenvalue weighted by Crippen LogP contribution is 2.23. The van der Waals surface area contributed by atoms with E-state index in [1.54, 1.807) is 0 Å². The molecule has 6 nitrogen and oxygen atoms in total. The average molecular weight is 295 g/mol. The topological polar surface area (TPSA) is 87.4 Å². The van der Waals surface area contributed by atoms with Gasteiger partial charge in [-0.25, -0.2) is 9.78 Å². The molecule has 1 fully saturated rings. The molecule has 1 heterocycles. The number of aliphatic hydroxyl groups is 1. The van der Waals surface area contributed by atoms with E-state index in [0.29, 0.717) is 5.89 Å². The molecular weight excluding hydrogens is 270 g/mol. The van der Waals surface area contributed by atoms with Crippen molar-refractivity contribution in [2.24, 2.45) is 5.92 Å². The minimum Gasteiger partial charge on any atom is -0.444 e. The van der Waals surface area contributed by atoms with Crippen LogP contribution >= 0.6 is 0 Å². The largest absolute Gasteiger partial charge is 0.444 e. The summed E-state index contributed by atoms with van der Waals surface area (Å²) in [6, 6.07) is -0.181. The molecule has 1 aromatic heterocycles. The summed E-state index contributed by atoms with van der Waals surface area (Å²) in [6.07, 6.45) is 5.29. The van der Waals surface area contributed by atoms with Crippen molar-refractivity contribution in [1.29, 1.82) is 0 Å². The molecule has 118 valence electrons. The van der Waals surface area contributed by atoms with Crippen molar-refractivity contribution in [1.82, 2.24) is 15.6 Å². The van der Waals surface area contributed by atoms with Crippen LogP contribution in [0.15, 0.2) is 4.42 Å². The summed E-state index contributed by atoms with van der Waals surface area (Å²) < 4.78 is 5.42. The van der Waals surface area contributed by atoms with Crippen LogP contribution in [0.2, 0.25) is 0 Å². The zero-order chi connectivity index (χ0) is 15.2. The first-order valence-electron chi connectivity index (χ1n) is 7.68. The lowest BCUT2D eigenvalue weighted by atomic mass is 9.96. The number of aryl methyl sites for hydroxylation is 2. The molecule has 2 atom stereocenters. The van der Waals surface area contributed by atoms with Gasteiger partial charge in [0.15, 0.2) is 0 Å². The van der Waals surface area contributed by atoms with Crippen molar-refractivity contribution >= 4 is 6.03 Å². The van der Waals surface area contributed by atoms with E-state index in [4.69, 9.17) is 4.42 Å². The van der Waals surface area contributed by atoms with Crippen LogP contribution in [-0.2, 0) is 6.54 Å². The molecule has 0 spiro atoms. The standard InChI is InChI=1S/C15H25N3O3/c1-10-11(2)21-14(17-10)8-16-15(20)18-13-7-5-3-4-6-12(13)9-19/h12-13,19H,3-9H2,1-2H3,(H2,16,18,20). The van der Waals surface area contributed by atoms with Crippen molar-refractivity contribution in [2.45, 2.75) is 58.5 Å². The molecule has 0 bridgehead atoms. The zero-order valence-corrected chi connectivity index (χ0v) is 12.8. The van der Waals surface area contributed by atoms with E-state index in [-0.39, 0.29) is 31.1 Å². The van der Waals surface area contributed by atoms with E-state index >= 15 is 0 Å². The number of nitrogens with zero attached hydrogens (tertiary/aromatic N) is 1. The Kier molecular flexibility index (Phi) is 5.61. The summed E-state index contributed by atoms with van der Waals surface area (Å²) >= 11 is 0. The Hall–Kier alpha value is -1.56. The fourth-order valence-corrected chi connectivity index (χ4v) is 2.78. The summed E-state index contributed by atoms with van der Waals surface area (Å²) in [5.74, 6) is 1.44. The maximum absolute atomic E-state index is 12.0. The van der Waals surface area contributed by atoms with Crippen molar-refractivity contribution < 1.29 is 14.3 Å². The number of carbonyl (C=O) groups excluding carboxylic acids is 1. The Morgan fingerprint density at radius 3 is 2.76 bits per heavy atom. The predicted molar refractivity (Wildman–Crippen MR) is 78.8 cm³/mol. The third kappa shape index (κ3) is 4.46. The molecule has 0 aromatic carbocycles. The summed E-state index contributed by atoms with van der Waals surface area (Å²) in [5.41, 5.74) is 0.844. The molecule has 2 rings (SSSR count). The highest BCUT2D eigenvalue weighted by molar-refractivity contribution is 5.74. The van der Waals surface area contributed by atoms with E-state index in [1.807, 2.05) is 13.8 Å². The Morgan fingerprint density at radius 1 is 1.33 bits per heavy atom. The molecule has 1 aromatic rings. The van der Waals surface area contributed by atoms with E-state index in [0.717, 1.165) is 37.1 Å². The number of oxazole rings is 1. The lowest BCUT2D eigenvalue weighted by molar-refractivity contribution is 0.179. The molecule has 1 saturated carbocycles. The van der Waals surface area contributed by atoms with Gasteiger partial charge < -0.3 is 20.2 Å². The van der Waals surface area contributed by atoms with Crippen molar-refractivity contribution in [3.63, 3.8) is 0 Å². The van der Waals surface area contributed by atoms with Gasteiger partial charge in [0.25, 0.3) is 0 Å². The smallest absolute Gasteiger partial charge is 0.315 e. The second-order valence-corrected chi connectivity index (χ2v) is 5.76. The van der Waals surface area contributed by atoms with E-state index in [9.17, 15) is 9.90 Å². The number of nitrogens with one attached hydrogen (secondary N) is 2. The van der Waals surface area contributed by atoms with Crippen LogP contribution in [0.25, 0.3) is 0 Å². The first-order chi connectivity index (χ1) is 10.1. The second kappa shape index (κ2) is 7.45. The Bertz CT molecular complexity index is 453. The molecule has 1 aliphatic carbocycles. The average Bonchev–Trinajstić information content (AvgIpc) is 2.65. The molecule has 2 unspecified atom stereocenters. The number of hydrogen-bond donors (Lipinski definition) is 3. The van der Waals surface area contributed by atoms with Gasteiger partial charge in [0.05, 0.1) is 12.2 Å². The first kappa shape index (κ1) is 15.8. The van der Waals surface area contributed by atoms with Crippen LogP contribution in [0, 0.1) is 19.8 Å². The van der Waals surface area contributed by atoms with E-state index < -0.39 is 0 Å². The highest BCUT2D eigenvalue weighted by Gasteiger charge is 2.24. The SMILES string of the molecule is Cc1nc(CNC(=O)NC2CCCCCC2CO)oc1C. The van der Waals surface area contributed by atoms with Gasteiger partial charge in [-0.05, 0) is 26.7 Å². The third-order valence-electron chi connectivity index (χ3n) is 4.18. The monoisotopic (exact) mass is 295 g/mol. The van der Waals surface area contributed by atoms with Gasteiger partial charge >= 0.3 is 6.03 Å². The van der Waals surface area contributed by atoms with Gasteiger partial charge in [-0.2, -0.15) is 0 Å². The fraction of sp³-hybridized carbons (Fsp3) is 0.733. The summed E-state index contributed by atoms with van der Waals surface area (Å²) in [4.78, 5) is 16.2. The van der Waals surface area contributed by atoms with Crippen LogP contribution < -0.4 is 10.6 Å². The van der Waals surface area contributed by atoms with Gasteiger partial charge in [0, 0.05) is 18.6 Å². The first-order valence-corrected chi connectivity index (χ1v) is 7.68. The predicted octanol–water partition coefficient (Wildman–Crippen LogP) is 2.03. The van der Waals surface area contributed by atoms with Crippen LogP contribution in [0.5, 0.6) is 0 Å². The number of aromatic nitrogens is 1. The van der Waals surface area contributed by atoms with Gasteiger partial charge in [0.2, 0.25) is 5.89 Å². The maximum Gasteiger partial charge on any atom is 0.315 e. The number of rotatable bonds is 4. The number of aliphatic hydroxyl groups excluding tert-OH is 1. The number of hydrogen-bond acceptors (Lipinski definition) is 4. The zero-order valence-electron chi connectivity index (χ0n) is 12.8. The van der Waals surface area contributed by atoms with Gasteiger partial charge in [0.1, 0.15) is 5.76 Å². The third-order valence-corrected chi connectivity index (χ3v) is 4.18. The van der Waals surface area contributed by atoms with Crippen LogP contribution in [-0.4, -0.2) is 28.8 Å². The molecule has 0 radical (unpaired) electrons. The Balaban J connectivity index is 1.82. The van der Waals surface area contributed by atoms with Crippen LogP contribution in [0.4, 0.5) is 4.79 Å². The summed E-state index contributed by atoms with van der Waals surface area (Å²) in [7, 11) is 0. The number of carbonyl (C=O) groups is 1. The fourth-order valence-electron chi connectivity index (χ4n) is 2.78. The molecule has 2 amide bonds. The minimum absolute atomic E-state index is 0.0468. The highest BCUT2D eigenvalue weighted by atomic mass is 16.4. The van der Waals surface area contributed by atoms with Gasteiger partial charge in [-0.3, -0.25) is 0 Å². The quantitative estimate of drug-likeness (QED) is 0.742. The lowest BCUT2D eigenvalue weighted by Gasteiger charge is -2.24. The molecule has 1 aliphatic rings. The van der Waals surface area contributed by atoms with Crippen LogP contribution in [0.1, 0.15) is 49.4 Å². The van der Waals surface area contributed by atoms with Crippen molar-refractivity contribution in [3.8, 4) is 0 Å². The van der Waals surface area contributed by atoms with E-state index in [2.05, 4.69) is 15.6 Å². The van der Waals surface area contributed by atoms with E-state index in [1.165, 1.54) is 6.42 Å². The molecule has 0 aliphatic heterocycles. The van der Waals surface area contributed by atoms with Crippen molar-refractivity contribution in [2.75, 3.05) is 6.61 Å². The Morgan fingerprint density at radius 2 is 2.10 bits per heavy atom. The van der Waals surface area contributed by atoms with Crippen molar-refractivity contribution in [3.05, 3.63) is 17.3 Å². The lowest BCUT2D eigenvalue weighted by Crippen LogP contribution is -2.45. The maximum atomic E-state index is 12.0. The molecule has 0 saturated heterocycles. The van der Waals surface area contributed by atoms with Crippen LogP contribution in [0.3, 0.4) is 0 Å². The number of amides is 2. The van der Waals surface area contributed by atoms with Gasteiger partial charge in [-0.1, -0.05) is 19.3 Å². The van der Waals surface area contributed by atoms with Gasteiger partial charge in [-0.15, -0.1) is 0 Å². The summed E-state index contributed by atoms with van der Waals surface area (Å²) in [6.45, 7) is 4.13. The summed E-state index contributed by atoms with van der Waals surface area (Å²) in [5, 5.41) is 15.2. The normalized spacial score (nSPS) is 22.6. The molecule has 21 heavy (non-hydrogen) atoms. The molecule has 3 N–H and O–H groups in total. The Labute approximate surface area is 125 Å². The molecular formula is C15H25N3O3. The molecule has 6 heteroatoms. The minimum atomic E-state index is -0.228.